The fourth-order valence-corrected chi connectivity index (χ4v) is 5.54. The van der Waals surface area contributed by atoms with Crippen LogP contribution in [-0.2, 0) is 4.79 Å². The topological polar surface area (TPSA) is 77.1 Å². The summed E-state index contributed by atoms with van der Waals surface area (Å²) in [7, 11) is 3.49. The maximum Gasteiger partial charge on any atom is 0.319 e. The summed E-state index contributed by atoms with van der Waals surface area (Å²) in [6, 6.07) is 3.52. The predicted octanol–water partition coefficient (Wildman–Crippen LogP) is 1.15. The Balaban J connectivity index is 1.53. The molecule has 8 heteroatoms. The van der Waals surface area contributed by atoms with Gasteiger partial charge in [0.25, 0.3) is 5.91 Å². The van der Waals surface area contributed by atoms with E-state index in [2.05, 4.69) is 4.98 Å². The number of likely N-dealkylation sites (tertiary alicyclic amines) is 3. The second-order valence-electron chi connectivity index (χ2n) is 8.51. The van der Waals surface area contributed by atoms with Crippen molar-refractivity contribution in [1.82, 2.24) is 24.6 Å². The van der Waals surface area contributed by atoms with Gasteiger partial charge < -0.3 is 19.6 Å². The van der Waals surface area contributed by atoms with Crippen molar-refractivity contribution in [1.29, 1.82) is 0 Å². The van der Waals surface area contributed by atoms with E-state index >= 15 is 0 Å². The van der Waals surface area contributed by atoms with Gasteiger partial charge >= 0.3 is 6.03 Å². The number of urea groups is 1. The number of piperidine rings is 1. The third kappa shape index (κ3) is 3.05. The van der Waals surface area contributed by atoms with Gasteiger partial charge in [0, 0.05) is 65.1 Å². The van der Waals surface area contributed by atoms with E-state index in [1.807, 2.05) is 21.6 Å². The van der Waals surface area contributed by atoms with E-state index < -0.39 is 0 Å². The molecule has 3 fully saturated rings. The highest BCUT2D eigenvalue weighted by atomic mass is 16.2. The molecule has 4 rings (SSSR count). The second-order valence-corrected chi connectivity index (χ2v) is 8.51. The maximum atomic E-state index is 13.2. The molecule has 0 aromatic carbocycles. The number of fused-ring (bicyclic) bond motifs is 2. The molecule has 4 amide bonds. The molecular formula is C21H29N5O3. The molecule has 0 N–H and O–H groups in total. The zero-order chi connectivity index (χ0) is 20.8. The highest BCUT2D eigenvalue weighted by Crippen LogP contribution is 2.49. The number of nitrogens with zero attached hydrogens (tertiary/aromatic N) is 5. The standard InChI is InChI=1S/C21H29N5O3/c1-4-26-19(28)16-13-25(20(29)23(2)3)14-17(16)21(26)7-10-24(11-8-21)18(27)15-6-5-9-22-12-15/h5-6,9,12,16-17H,4,7-8,10-11,13-14H2,1-3H3/t16-,17+/m0/s1. The van der Waals surface area contributed by atoms with Crippen LogP contribution in [0.25, 0.3) is 0 Å². The SMILES string of the molecule is CCN1C(=O)[C@H]2CN(C(=O)N(C)C)C[C@H]2C12CCN(C(=O)c1cccnc1)CC2. The van der Waals surface area contributed by atoms with Crippen LogP contribution in [0.3, 0.4) is 0 Å². The molecular weight excluding hydrogens is 370 g/mol. The van der Waals surface area contributed by atoms with Gasteiger partial charge in [-0.15, -0.1) is 0 Å². The average molecular weight is 399 g/mol. The molecule has 29 heavy (non-hydrogen) atoms. The molecule has 0 unspecified atom stereocenters. The third-order valence-corrected chi connectivity index (χ3v) is 6.93. The van der Waals surface area contributed by atoms with Crippen LogP contribution < -0.4 is 0 Å². The van der Waals surface area contributed by atoms with Crippen LogP contribution in [-0.4, -0.2) is 94.8 Å². The number of hydrogen-bond acceptors (Lipinski definition) is 4. The highest BCUT2D eigenvalue weighted by Gasteiger charge is 2.62. The molecule has 1 aromatic rings. The molecule has 1 aromatic heterocycles. The molecule has 3 saturated heterocycles. The molecule has 156 valence electrons. The van der Waals surface area contributed by atoms with Crippen molar-refractivity contribution >= 4 is 17.8 Å². The van der Waals surface area contributed by atoms with Gasteiger partial charge in [0.15, 0.2) is 0 Å². The summed E-state index contributed by atoms with van der Waals surface area (Å²) in [6.45, 7) is 5.03. The lowest BCUT2D eigenvalue weighted by Gasteiger charge is -2.47. The van der Waals surface area contributed by atoms with Gasteiger partial charge in [-0.3, -0.25) is 14.6 Å². The first kappa shape index (κ1) is 19.7. The van der Waals surface area contributed by atoms with Crippen LogP contribution in [0.4, 0.5) is 4.79 Å². The predicted molar refractivity (Wildman–Crippen MR) is 107 cm³/mol. The van der Waals surface area contributed by atoms with Crippen molar-refractivity contribution in [3.05, 3.63) is 30.1 Å². The fourth-order valence-electron chi connectivity index (χ4n) is 5.54. The second kappa shape index (κ2) is 7.31. The smallest absolute Gasteiger partial charge is 0.319 e. The molecule has 0 radical (unpaired) electrons. The minimum atomic E-state index is -0.260. The average Bonchev–Trinajstić information content (AvgIpc) is 3.27. The van der Waals surface area contributed by atoms with Crippen molar-refractivity contribution < 1.29 is 14.4 Å². The largest absolute Gasteiger partial charge is 0.338 e. The summed E-state index contributed by atoms with van der Waals surface area (Å²) < 4.78 is 0. The number of pyridine rings is 1. The molecule has 1 spiro atoms. The summed E-state index contributed by atoms with van der Waals surface area (Å²) in [5.41, 5.74) is 0.337. The highest BCUT2D eigenvalue weighted by molar-refractivity contribution is 5.94. The molecule has 0 bridgehead atoms. The Hall–Kier alpha value is -2.64. The van der Waals surface area contributed by atoms with Gasteiger partial charge in [0.1, 0.15) is 0 Å². The van der Waals surface area contributed by atoms with Gasteiger partial charge in [-0.2, -0.15) is 0 Å². The minimum Gasteiger partial charge on any atom is -0.338 e. The lowest BCUT2D eigenvalue weighted by molar-refractivity contribution is -0.135. The van der Waals surface area contributed by atoms with Crippen molar-refractivity contribution in [2.24, 2.45) is 11.8 Å². The number of carbonyl (C=O) groups excluding carboxylic acids is 3. The molecule has 0 aliphatic carbocycles. The summed E-state index contributed by atoms with van der Waals surface area (Å²) in [5, 5.41) is 0. The summed E-state index contributed by atoms with van der Waals surface area (Å²) in [4.78, 5) is 49.8. The number of rotatable bonds is 2. The lowest BCUT2D eigenvalue weighted by Crippen LogP contribution is -2.58. The Kier molecular flexibility index (Phi) is 4.96. The van der Waals surface area contributed by atoms with E-state index in [1.54, 1.807) is 43.5 Å². The van der Waals surface area contributed by atoms with E-state index in [1.165, 1.54) is 0 Å². The van der Waals surface area contributed by atoms with Crippen molar-refractivity contribution in [3.8, 4) is 0 Å². The maximum absolute atomic E-state index is 13.2. The van der Waals surface area contributed by atoms with Crippen molar-refractivity contribution in [2.75, 3.05) is 46.8 Å². The van der Waals surface area contributed by atoms with E-state index in [0.29, 0.717) is 38.3 Å². The first-order valence-electron chi connectivity index (χ1n) is 10.4. The van der Waals surface area contributed by atoms with Gasteiger partial charge in [0.05, 0.1) is 17.0 Å². The van der Waals surface area contributed by atoms with E-state index in [9.17, 15) is 14.4 Å². The van der Waals surface area contributed by atoms with Gasteiger partial charge in [-0.25, -0.2) is 4.79 Å². The van der Waals surface area contributed by atoms with Gasteiger partial charge in [0.2, 0.25) is 5.91 Å². The van der Waals surface area contributed by atoms with Crippen LogP contribution >= 0.6 is 0 Å². The minimum absolute atomic E-state index is 0.00675. The number of carbonyl (C=O) groups is 3. The lowest BCUT2D eigenvalue weighted by atomic mass is 9.74. The Morgan fingerprint density at radius 2 is 1.93 bits per heavy atom. The van der Waals surface area contributed by atoms with Crippen LogP contribution in [0.5, 0.6) is 0 Å². The van der Waals surface area contributed by atoms with Gasteiger partial charge in [-0.05, 0) is 31.9 Å². The Labute approximate surface area is 171 Å². The van der Waals surface area contributed by atoms with Crippen LogP contribution in [0.2, 0.25) is 0 Å². The Morgan fingerprint density at radius 3 is 2.52 bits per heavy atom. The summed E-state index contributed by atoms with van der Waals surface area (Å²) in [5.74, 6) is 0.167. The monoisotopic (exact) mass is 399 g/mol. The summed E-state index contributed by atoms with van der Waals surface area (Å²) in [6.07, 6.45) is 4.77. The first-order valence-corrected chi connectivity index (χ1v) is 10.4. The van der Waals surface area contributed by atoms with E-state index in [4.69, 9.17) is 0 Å². The fraction of sp³-hybridized carbons (Fsp3) is 0.619. The zero-order valence-electron chi connectivity index (χ0n) is 17.4. The summed E-state index contributed by atoms with van der Waals surface area (Å²) >= 11 is 0. The Morgan fingerprint density at radius 1 is 1.21 bits per heavy atom. The number of amides is 4. The quantitative estimate of drug-likeness (QED) is 0.748. The van der Waals surface area contributed by atoms with Crippen LogP contribution in [0.1, 0.15) is 30.1 Å². The van der Waals surface area contributed by atoms with Crippen LogP contribution in [0, 0.1) is 11.8 Å². The normalized spacial score (nSPS) is 25.5. The molecule has 3 aliphatic heterocycles. The molecule has 8 nitrogen and oxygen atoms in total. The van der Waals surface area contributed by atoms with E-state index in [-0.39, 0.29) is 35.2 Å². The zero-order valence-corrected chi connectivity index (χ0v) is 17.4. The first-order chi connectivity index (χ1) is 13.9. The molecule has 4 heterocycles. The van der Waals surface area contributed by atoms with Crippen molar-refractivity contribution in [2.45, 2.75) is 25.3 Å². The van der Waals surface area contributed by atoms with Crippen molar-refractivity contribution in [3.63, 3.8) is 0 Å². The number of hydrogen-bond donors (Lipinski definition) is 0. The van der Waals surface area contributed by atoms with E-state index in [0.717, 1.165) is 12.8 Å². The third-order valence-electron chi connectivity index (χ3n) is 6.93. The van der Waals surface area contributed by atoms with Crippen LogP contribution in [0.15, 0.2) is 24.5 Å². The molecule has 2 atom stereocenters. The number of aromatic nitrogens is 1. The Bertz CT molecular complexity index is 804. The molecule has 0 saturated carbocycles. The molecule has 3 aliphatic rings. The van der Waals surface area contributed by atoms with Gasteiger partial charge in [-0.1, -0.05) is 0 Å².